The van der Waals surface area contributed by atoms with Crippen molar-refractivity contribution >= 4 is 39.3 Å². The minimum Gasteiger partial charge on any atom is -0.324 e. The molecule has 1 saturated heterocycles. The maximum atomic E-state index is 13.0. The summed E-state index contributed by atoms with van der Waals surface area (Å²) >= 11 is 3.35. The second-order valence-electron chi connectivity index (χ2n) is 7.87. The van der Waals surface area contributed by atoms with Crippen LogP contribution in [0.15, 0.2) is 40.9 Å². The summed E-state index contributed by atoms with van der Waals surface area (Å²) in [5.74, 6) is 0.305. The quantitative estimate of drug-likeness (QED) is 0.610. The van der Waals surface area contributed by atoms with Crippen molar-refractivity contribution in [3.8, 4) is 0 Å². The van der Waals surface area contributed by atoms with E-state index in [2.05, 4.69) is 33.4 Å². The Hall–Kier alpha value is -1.95. The average molecular weight is 415 g/mol. The van der Waals surface area contributed by atoms with Crippen molar-refractivity contribution in [2.45, 2.75) is 19.4 Å². The van der Waals surface area contributed by atoms with Crippen LogP contribution in [0.3, 0.4) is 0 Å². The molecule has 2 bridgehead atoms. The number of anilines is 1. The first-order chi connectivity index (χ1) is 12.5. The Bertz CT molecular complexity index is 813. The maximum absolute atomic E-state index is 13.0. The molecule has 134 valence electrons. The second kappa shape index (κ2) is 5.52. The highest BCUT2D eigenvalue weighted by atomic mass is 79.9. The molecule has 1 aromatic carbocycles. The van der Waals surface area contributed by atoms with Gasteiger partial charge in [0.2, 0.25) is 17.7 Å². The average Bonchev–Trinajstić information content (AvgIpc) is 3.41. The first-order valence-corrected chi connectivity index (χ1v) is 9.88. The van der Waals surface area contributed by atoms with Crippen LogP contribution in [0, 0.1) is 35.5 Å². The zero-order valence-corrected chi connectivity index (χ0v) is 15.8. The lowest BCUT2D eigenvalue weighted by atomic mass is 9.63. The number of allylic oxidation sites excluding steroid dienone is 2. The van der Waals surface area contributed by atoms with Gasteiger partial charge in [0.25, 0.3) is 0 Å². The van der Waals surface area contributed by atoms with Crippen LogP contribution in [0.5, 0.6) is 0 Å². The molecule has 6 rings (SSSR count). The molecule has 1 aromatic rings. The summed E-state index contributed by atoms with van der Waals surface area (Å²) in [6.45, 7) is 1.64. The summed E-state index contributed by atoms with van der Waals surface area (Å²) in [6.07, 6.45) is 5.41. The Morgan fingerprint density at radius 2 is 1.62 bits per heavy atom. The van der Waals surface area contributed by atoms with Gasteiger partial charge < -0.3 is 5.32 Å². The molecule has 3 amide bonds. The van der Waals surface area contributed by atoms with Crippen LogP contribution in [0.2, 0.25) is 0 Å². The molecule has 1 heterocycles. The van der Waals surface area contributed by atoms with Crippen LogP contribution in [0.25, 0.3) is 0 Å². The normalized spacial score (nSPS) is 37.4. The highest BCUT2D eigenvalue weighted by Gasteiger charge is 2.67. The zero-order valence-electron chi connectivity index (χ0n) is 14.3. The third kappa shape index (κ3) is 2.17. The van der Waals surface area contributed by atoms with E-state index < -0.39 is 6.04 Å². The summed E-state index contributed by atoms with van der Waals surface area (Å²) in [5.41, 5.74) is 0.643. The van der Waals surface area contributed by atoms with Crippen LogP contribution in [-0.2, 0) is 14.4 Å². The van der Waals surface area contributed by atoms with E-state index in [0.29, 0.717) is 17.5 Å². The lowest BCUT2D eigenvalue weighted by Crippen LogP contribution is -2.46. The van der Waals surface area contributed by atoms with Gasteiger partial charge in [-0.1, -0.05) is 28.1 Å². The lowest BCUT2D eigenvalue weighted by Gasteiger charge is -2.37. The minimum absolute atomic E-state index is 0.164. The highest BCUT2D eigenvalue weighted by molar-refractivity contribution is 9.10. The number of likely N-dealkylation sites (tertiary alicyclic amines) is 1. The SMILES string of the molecule is C[C@H](C(=O)Nc1ccc(Br)cc1)N1C(=O)[C@@H]2[C@H]3C=C[C@@H]([C@@H]4C[C@@H]34)[C@H]2C1=O. The van der Waals surface area contributed by atoms with Gasteiger partial charge in [-0.2, -0.15) is 0 Å². The van der Waals surface area contributed by atoms with Crippen molar-refractivity contribution in [1.82, 2.24) is 4.90 Å². The first-order valence-electron chi connectivity index (χ1n) is 9.09. The first kappa shape index (κ1) is 16.2. The Morgan fingerprint density at radius 3 is 2.15 bits per heavy atom. The molecule has 0 radical (unpaired) electrons. The molecule has 26 heavy (non-hydrogen) atoms. The molecule has 5 aliphatic rings. The number of carbonyl (C=O) groups excluding carboxylic acids is 3. The number of nitrogens with zero attached hydrogens (tertiary/aromatic N) is 1. The summed E-state index contributed by atoms with van der Waals surface area (Å²) in [6, 6.07) is 6.41. The van der Waals surface area contributed by atoms with E-state index in [1.807, 2.05) is 12.1 Å². The summed E-state index contributed by atoms with van der Waals surface area (Å²) < 4.78 is 0.916. The smallest absolute Gasteiger partial charge is 0.247 e. The van der Waals surface area contributed by atoms with Crippen molar-refractivity contribution < 1.29 is 14.4 Å². The van der Waals surface area contributed by atoms with E-state index >= 15 is 0 Å². The molecule has 1 aliphatic heterocycles. The fourth-order valence-electron chi connectivity index (χ4n) is 5.26. The molecule has 2 saturated carbocycles. The number of halogens is 1. The molecule has 3 fully saturated rings. The maximum Gasteiger partial charge on any atom is 0.247 e. The van der Waals surface area contributed by atoms with E-state index in [-0.39, 0.29) is 41.4 Å². The van der Waals surface area contributed by atoms with E-state index in [1.54, 1.807) is 19.1 Å². The fraction of sp³-hybridized carbons (Fsp3) is 0.450. The van der Waals surface area contributed by atoms with Gasteiger partial charge in [-0.25, -0.2) is 0 Å². The van der Waals surface area contributed by atoms with Gasteiger partial charge in [0.1, 0.15) is 6.04 Å². The fourth-order valence-corrected chi connectivity index (χ4v) is 5.52. The molecule has 4 aliphatic carbocycles. The molecule has 0 unspecified atom stereocenters. The van der Waals surface area contributed by atoms with E-state index in [9.17, 15) is 14.4 Å². The molecule has 0 spiro atoms. The molecule has 1 N–H and O–H groups in total. The van der Waals surface area contributed by atoms with Crippen molar-refractivity contribution in [2.24, 2.45) is 35.5 Å². The van der Waals surface area contributed by atoms with E-state index in [4.69, 9.17) is 0 Å². The standard InChI is InChI=1S/C20H19BrN2O3/c1-9(18(24)22-11-4-2-10(21)3-5-11)23-19(25)16-12-6-7-13(15-8-14(12)15)17(16)20(23)26/h2-7,9,12-17H,8H2,1H3,(H,22,24)/t9-,12+,13+,14+,15+,16-,17-/m1/s1. The minimum atomic E-state index is -0.806. The van der Waals surface area contributed by atoms with Crippen molar-refractivity contribution in [3.63, 3.8) is 0 Å². The number of hydrogen-bond acceptors (Lipinski definition) is 3. The highest BCUT2D eigenvalue weighted by Crippen LogP contribution is 2.65. The van der Waals surface area contributed by atoms with Crippen LogP contribution in [0.1, 0.15) is 13.3 Å². The second-order valence-corrected chi connectivity index (χ2v) is 8.79. The third-order valence-electron chi connectivity index (χ3n) is 6.58. The summed E-state index contributed by atoms with van der Waals surface area (Å²) in [4.78, 5) is 39.9. The van der Waals surface area contributed by atoms with Gasteiger partial charge in [-0.15, -0.1) is 0 Å². The molecular formula is C20H19BrN2O3. The molecular weight excluding hydrogens is 396 g/mol. The Morgan fingerprint density at radius 1 is 1.08 bits per heavy atom. The summed E-state index contributed by atoms with van der Waals surface area (Å²) in [7, 11) is 0. The van der Waals surface area contributed by atoms with Crippen molar-refractivity contribution in [2.75, 3.05) is 5.32 Å². The molecule has 0 aromatic heterocycles. The Labute approximate surface area is 159 Å². The lowest BCUT2D eigenvalue weighted by molar-refractivity contribution is -0.146. The van der Waals surface area contributed by atoms with Crippen molar-refractivity contribution in [3.05, 3.63) is 40.9 Å². The van der Waals surface area contributed by atoms with Crippen molar-refractivity contribution in [1.29, 1.82) is 0 Å². The number of carbonyl (C=O) groups is 3. The zero-order chi connectivity index (χ0) is 18.2. The Balaban J connectivity index is 1.37. The van der Waals surface area contributed by atoms with Gasteiger partial charge in [0, 0.05) is 10.2 Å². The largest absolute Gasteiger partial charge is 0.324 e. The number of nitrogens with one attached hydrogen (secondary N) is 1. The molecule has 7 atom stereocenters. The van der Waals surface area contributed by atoms with E-state index in [1.165, 1.54) is 4.90 Å². The summed E-state index contributed by atoms with van der Waals surface area (Å²) in [5, 5.41) is 2.80. The monoisotopic (exact) mass is 414 g/mol. The van der Waals surface area contributed by atoms with Gasteiger partial charge in [0.05, 0.1) is 11.8 Å². The Kier molecular flexibility index (Phi) is 3.45. The number of imide groups is 1. The van der Waals surface area contributed by atoms with Gasteiger partial charge in [-0.05, 0) is 61.3 Å². The van der Waals surface area contributed by atoms with Crippen LogP contribution < -0.4 is 5.32 Å². The van der Waals surface area contributed by atoms with Crippen LogP contribution in [-0.4, -0.2) is 28.7 Å². The van der Waals surface area contributed by atoms with E-state index in [0.717, 1.165) is 10.9 Å². The topological polar surface area (TPSA) is 66.5 Å². The van der Waals surface area contributed by atoms with Gasteiger partial charge in [-0.3, -0.25) is 19.3 Å². The van der Waals surface area contributed by atoms with Crippen LogP contribution >= 0.6 is 15.9 Å². The predicted molar refractivity (Wildman–Crippen MR) is 98.8 cm³/mol. The van der Waals surface area contributed by atoms with Gasteiger partial charge in [0.15, 0.2) is 0 Å². The third-order valence-corrected chi connectivity index (χ3v) is 7.10. The number of amides is 3. The van der Waals surface area contributed by atoms with Gasteiger partial charge >= 0.3 is 0 Å². The van der Waals surface area contributed by atoms with Crippen LogP contribution in [0.4, 0.5) is 5.69 Å². The number of hydrogen-bond donors (Lipinski definition) is 1. The molecule has 6 heteroatoms. The number of benzene rings is 1. The molecule has 5 nitrogen and oxygen atoms in total. The number of rotatable bonds is 3. The predicted octanol–water partition coefficient (Wildman–Crippen LogP) is 2.83.